The van der Waals surface area contributed by atoms with E-state index in [1.807, 2.05) is 6.07 Å². The van der Waals surface area contributed by atoms with Gasteiger partial charge in [-0.05, 0) is 30.2 Å². The standard InChI is InChI=1S/C15H18N2O4S/c1-16-13-4-2-12(10-11(13)3-5-14(16)18)15(19)17-6-8-22(20,21)9-7-17/h2,4,10H,3,5-9H2,1H3. The Hall–Kier alpha value is -1.89. The Bertz CT molecular complexity index is 728. The van der Waals surface area contributed by atoms with E-state index in [0.29, 0.717) is 18.4 Å². The summed E-state index contributed by atoms with van der Waals surface area (Å²) in [6, 6.07) is 5.32. The minimum absolute atomic E-state index is 0.0287. The van der Waals surface area contributed by atoms with Crippen molar-refractivity contribution < 1.29 is 18.0 Å². The van der Waals surface area contributed by atoms with Crippen LogP contribution in [-0.2, 0) is 21.1 Å². The molecule has 22 heavy (non-hydrogen) atoms. The van der Waals surface area contributed by atoms with Gasteiger partial charge in [0, 0.05) is 37.8 Å². The number of anilines is 1. The van der Waals surface area contributed by atoms with Crippen molar-refractivity contribution in [2.75, 3.05) is 36.5 Å². The number of hydrogen-bond donors (Lipinski definition) is 0. The van der Waals surface area contributed by atoms with Crippen molar-refractivity contribution in [2.24, 2.45) is 0 Å². The number of fused-ring (bicyclic) bond motifs is 1. The Labute approximate surface area is 129 Å². The van der Waals surface area contributed by atoms with Crippen molar-refractivity contribution in [2.45, 2.75) is 12.8 Å². The zero-order valence-corrected chi connectivity index (χ0v) is 13.2. The van der Waals surface area contributed by atoms with Crippen LogP contribution in [-0.4, -0.2) is 56.8 Å². The zero-order chi connectivity index (χ0) is 15.9. The normalized spacial score (nSPS) is 20.7. The summed E-state index contributed by atoms with van der Waals surface area (Å²) in [5, 5.41) is 0. The van der Waals surface area contributed by atoms with Crippen LogP contribution in [0.4, 0.5) is 5.69 Å². The second kappa shape index (κ2) is 5.39. The molecule has 0 N–H and O–H groups in total. The van der Waals surface area contributed by atoms with Crippen LogP contribution in [0.3, 0.4) is 0 Å². The summed E-state index contributed by atoms with van der Waals surface area (Å²) < 4.78 is 22.9. The largest absolute Gasteiger partial charge is 0.337 e. The zero-order valence-electron chi connectivity index (χ0n) is 12.4. The van der Waals surface area contributed by atoms with E-state index in [0.717, 1.165) is 11.3 Å². The predicted octanol–water partition coefficient (Wildman–Crippen LogP) is 0.466. The van der Waals surface area contributed by atoms with Gasteiger partial charge in [-0.25, -0.2) is 8.42 Å². The molecule has 0 radical (unpaired) electrons. The predicted molar refractivity (Wildman–Crippen MR) is 82.7 cm³/mol. The number of carbonyl (C=O) groups is 2. The van der Waals surface area contributed by atoms with E-state index in [1.165, 1.54) is 0 Å². The molecule has 0 bridgehead atoms. The van der Waals surface area contributed by atoms with Gasteiger partial charge in [0.05, 0.1) is 11.5 Å². The molecule has 2 aliphatic rings. The summed E-state index contributed by atoms with van der Waals surface area (Å²) in [7, 11) is -1.26. The Kier molecular flexibility index (Phi) is 3.68. The van der Waals surface area contributed by atoms with Gasteiger partial charge in [-0.1, -0.05) is 0 Å². The third-order valence-electron chi connectivity index (χ3n) is 4.30. The number of nitrogens with zero attached hydrogens (tertiary/aromatic N) is 2. The van der Waals surface area contributed by atoms with Gasteiger partial charge in [-0.2, -0.15) is 0 Å². The first-order valence-electron chi connectivity index (χ1n) is 7.26. The molecule has 0 aliphatic carbocycles. The lowest BCUT2D eigenvalue weighted by Gasteiger charge is -2.29. The molecule has 2 aliphatic heterocycles. The van der Waals surface area contributed by atoms with E-state index in [2.05, 4.69) is 0 Å². The fraction of sp³-hybridized carbons (Fsp3) is 0.467. The van der Waals surface area contributed by atoms with Crippen LogP contribution >= 0.6 is 0 Å². The molecule has 1 fully saturated rings. The molecule has 3 rings (SSSR count). The fourth-order valence-corrected chi connectivity index (χ4v) is 4.09. The summed E-state index contributed by atoms with van der Waals surface area (Å²) in [5.74, 6) is -0.00737. The quantitative estimate of drug-likeness (QED) is 0.753. The number of rotatable bonds is 1. The van der Waals surface area contributed by atoms with Gasteiger partial charge in [0.2, 0.25) is 5.91 Å². The van der Waals surface area contributed by atoms with Gasteiger partial charge in [0.1, 0.15) is 0 Å². The summed E-state index contributed by atoms with van der Waals surface area (Å²) >= 11 is 0. The van der Waals surface area contributed by atoms with Crippen LogP contribution in [0, 0.1) is 0 Å². The molecular formula is C15H18N2O4S. The van der Waals surface area contributed by atoms with E-state index >= 15 is 0 Å². The van der Waals surface area contributed by atoms with Gasteiger partial charge in [-0.3, -0.25) is 9.59 Å². The van der Waals surface area contributed by atoms with Gasteiger partial charge < -0.3 is 9.80 Å². The summed E-state index contributed by atoms with van der Waals surface area (Å²) in [4.78, 5) is 27.4. The Morgan fingerprint density at radius 1 is 1.14 bits per heavy atom. The average molecular weight is 322 g/mol. The smallest absolute Gasteiger partial charge is 0.253 e. The topological polar surface area (TPSA) is 74.8 Å². The number of sulfone groups is 1. The molecule has 0 saturated carbocycles. The lowest BCUT2D eigenvalue weighted by Crippen LogP contribution is -2.43. The molecular weight excluding hydrogens is 304 g/mol. The highest BCUT2D eigenvalue weighted by atomic mass is 32.2. The SMILES string of the molecule is CN1C(=O)CCc2cc(C(=O)N3CCS(=O)(=O)CC3)ccc21. The Balaban J connectivity index is 1.81. The number of amides is 2. The monoisotopic (exact) mass is 322 g/mol. The van der Waals surface area contributed by atoms with Crippen LogP contribution in [0.25, 0.3) is 0 Å². The van der Waals surface area contributed by atoms with Crippen molar-refractivity contribution in [1.29, 1.82) is 0 Å². The van der Waals surface area contributed by atoms with Gasteiger partial charge >= 0.3 is 0 Å². The molecule has 2 heterocycles. The van der Waals surface area contributed by atoms with Crippen LogP contribution < -0.4 is 4.90 Å². The van der Waals surface area contributed by atoms with E-state index in [1.54, 1.807) is 29.0 Å². The first kappa shape index (κ1) is 15.0. The van der Waals surface area contributed by atoms with Gasteiger partial charge in [0.15, 0.2) is 9.84 Å². The second-order valence-corrected chi connectivity index (χ2v) is 8.04. The van der Waals surface area contributed by atoms with E-state index in [4.69, 9.17) is 0 Å². The molecule has 1 aromatic carbocycles. The highest BCUT2D eigenvalue weighted by Crippen LogP contribution is 2.28. The number of carbonyl (C=O) groups excluding carboxylic acids is 2. The second-order valence-electron chi connectivity index (χ2n) is 5.74. The average Bonchev–Trinajstić information content (AvgIpc) is 2.50. The van der Waals surface area contributed by atoms with E-state index in [-0.39, 0.29) is 36.4 Å². The molecule has 1 saturated heterocycles. The molecule has 6 nitrogen and oxygen atoms in total. The van der Waals surface area contributed by atoms with Gasteiger partial charge in [-0.15, -0.1) is 0 Å². The minimum atomic E-state index is -3.00. The lowest BCUT2D eigenvalue weighted by molar-refractivity contribution is -0.118. The molecule has 118 valence electrons. The molecule has 7 heteroatoms. The molecule has 1 aromatic rings. The van der Waals surface area contributed by atoms with Crippen LogP contribution in [0.2, 0.25) is 0 Å². The maximum absolute atomic E-state index is 12.5. The van der Waals surface area contributed by atoms with Crippen molar-refractivity contribution in [3.8, 4) is 0 Å². The molecule has 0 spiro atoms. The van der Waals surface area contributed by atoms with Crippen LogP contribution in [0.1, 0.15) is 22.3 Å². The number of benzene rings is 1. The van der Waals surface area contributed by atoms with Crippen molar-refractivity contribution in [3.63, 3.8) is 0 Å². The highest BCUT2D eigenvalue weighted by Gasteiger charge is 2.27. The molecule has 0 unspecified atom stereocenters. The summed E-state index contributed by atoms with van der Waals surface area (Å²) in [5.41, 5.74) is 2.38. The summed E-state index contributed by atoms with van der Waals surface area (Å²) in [6.45, 7) is 0.493. The fourth-order valence-electron chi connectivity index (χ4n) is 2.89. The van der Waals surface area contributed by atoms with Crippen molar-refractivity contribution >= 4 is 27.3 Å². The van der Waals surface area contributed by atoms with Crippen LogP contribution in [0.5, 0.6) is 0 Å². The van der Waals surface area contributed by atoms with Crippen molar-refractivity contribution in [1.82, 2.24) is 4.90 Å². The first-order chi connectivity index (χ1) is 10.4. The van der Waals surface area contributed by atoms with Crippen LogP contribution in [0.15, 0.2) is 18.2 Å². The van der Waals surface area contributed by atoms with E-state index < -0.39 is 9.84 Å². The summed E-state index contributed by atoms with van der Waals surface area (Å²) in [6.07, 6.45) is 1.08. The maximum Gasteiger partial charge on any atom is 0.253 e. The third-order valence-corrected chi connectivity index (χ3v) is 5.91. The van der Waals surface area contributed by atoms with Gasteiger partial charge in [0.25, 0.3) is 5.91 Å². The highest BCUT2D eigenvalue weighted by molar-refractivity contribution is 7.91. The minimum Gasteiger partial charge on any atom is -0.337 e. The maximum atomic E-state index is 12.5. The molecule has 0 atom stereocenters. The molecule has 2 amide bonds. The molecule has 0 aromatic heterocycles. The Morgan fingerprint density at radius 2 is 1.82 bits per heavy atom. The number of hydrogen-bond acceptors (Lipinski definition) is 4. The first-order valence-corrected chi connectivity index (χ1v) is 9.09. The third kappa shape index (κ3) is 2.72. The van der Waals surface area contributed by atoms with Crippen molar-refractivity contribution in [3.05, 3.63) is 29.3 Å². The number of aryl methyl sites for hydroxylation is 1. The lowest BCUT2D eigenvalue weighted by atomic mass is 9.98. The van der Waals surface area contributed by atoms with E-state index in [9.17, 15) is 18.0 Å². The Morgan fingerprint density at radius 3 is 2.50 bits per heavy atom.